The summed E-state index contributed by atoms with van der Waals surface area (Å²) in [6.07, 6.45) is 2.60. The van der Waals surface area contributed by atoms with E-state index in [0.717, 1.165) is 43.0 Å². The van der Waals surface area contributed by atoms with Crippen LogP contribution in [-0.4, -0.2) is 50.8 Å². The highest BCUT2D eigenvalue weighted by molar-refractivity contribution is 14.0. The number of nitrogens with one attached hydrogen (secondary N) is 1. The topological polar surface area (TPSA) is 46.1 Å². The van der Waals surface area contributed by atoms with Crippen LogP contribution in [0.2, 0.25) is 0 Å². The third-order valence-electron chi connectivity index (χ3n) is 4.11. The van der Waals surface area contributed by atoms with Crippen LogP contribution in [-0.2, 0) is 0 Å². The van der Waals surface area contributed by atoms with Gasteiger partial charge in [-0.25, -0.2) is 0 Å². The Labute approximate surface area is 162 Å². The van der Waals surface area contributed by atoms with E-state index in [9.17, 15) is 0 Å². The van der Waals surface area contributed by atoms with Gasteiger partial charge in [-0.05, 0) is 49.9 Å². The molecule has 6 heteroatoms. The molecular formula is C18H30IN3O2. The van der Waals surface area contributed by atoms with Gasteiger partial charge in [0.15, 0.2) is 5.96 Å². The van der Waals surface area contributed by atoms with Crippen LogP contribution < -0.4 is 14.8 Å². The molecule has 0 radical (unpaired) electrons. The predicted molar refractivity (Wildman–Crippen MR) is 110 cm³/mol. The van der Waals surface area contributed by atoms with Gasteiger partial charge in [0.05, 0.1) is 13.7 Å². The van der Waals surface area contributed by atoms with E-state index in [0.29, 0.717) is 0 Å². The summed E-state index contributed by atoms with van der Waals surface area (Å²) >= 11 is 0. The van der Waals surface area contributed by atoms with Gasteiger partial charge in [-0.15, -0.1) is 24.0 Å². The summed E-state index contributed by atoms with van der Waals surface area (Å²) in [6, 6.07) is 7.67. The molecule has 0 spiro atoms. The molecule has 1 fully saturated rings. The maximum Gasteiger partial charge on any atom is 0.193 e. The maximum absolute atomic E-state index is 5.93. The molecule has 136 valence electrons. The molecule has 0 aromatic heterocycles. The molecule has 2 atom stereocenters. The molecule has 1 aliphatic heterocycles. The maximum atomic E-state index is 5.93. The van der Waals surface area contributed by atoms with Crippen molar-refractivity contribution in [3.63, 3.8) is 0 Å². The third kappa shape index (κ3) is 6.37. The first-order valence-corrected chi connectivity index (χ1v) is 8.38. The molecule has 1 aromatic rings. The number of halogens is 1. The second kappa shape index (κ2) is 10.6. The van der Waals surface area contributed by atoms with Crippen molar-refractivity contribution in [3.05, 3.63) is 24.3 Å². The molecule has 0 amide bonds. The van der Waals surface area contributed by atoms with Crippen molar-refractivity contribution in [2.75, 3.05) is 33.8 Å². The van der Waals surface area contributed by atoms with E-state index in [-0.39, 0.29) is 30.1 Å². The average Bonchev–Trinajstić information content (AvgIpc) is 2.56. The quantitative estimate of drug-likeness (QED) is 0.427. The number of likely N-dealkylation sites (tertiary alicyclic amines) is 1. The highest BCUT2D eigenvalue weighted by Crippen LogP contribution is 2.18. The lowest BCUT2D eigenvalue weighted by molar-refractivity contribution is 0.217. The zero-order valence-corrected chi connectivity index (χ0v) is 17.4. The van der Waals surface area contributed by atoms with Gasteiger partial charge in [-0.3, -0.25) is 4.99 Å². The first-order chi connectivity index (χ1) is 11.1. The number of aliphatic imine (C=N–C) groups is 1. The Morgan fingerprint density at radius 2 is 2.00 bits per heavy atom. The smallest absolute Gasteiger partial charge is 0.193 e. The Morgan fingerprint density at radius 3 is 2.58 bits per heavy atom. The molecule has 0 aliphatic carbocycles. The van der Waals surface area contributed by atoms with E-state index in [1.807, 2.05) is 31.3 Å². The zero-order chi connectivity index (χ0) is 16.7. The fourth-order valence-corrected chi connectivity index (χ4v) is 2.88. The van der Waals surface area contributed by atoms with E-state index >= 15 is 0 Å². The molecule has 1 heterocycles. The third-order valence-corrected chi connectivity index (χ3v) is 4.11. The van der Waals surface area contributed by atoms with Crippen molar-refractivity contribution in [1.82, 2.24) is 10.2 Å². The lowest BCUT2D eigenvalue weighted by Crippen LogP contribution is -2.48. The van der Waals surface area contributed by atoms with E-state index in [1.165, 1.54) is 12.8 Å². The SMILES string of the molecule is CN=C(NCC(C)Oc1ccc(OC)cc1)N1CCCC(C)C1.I. The molecule has 2 rings (SSSR count). The lowest BCUT2D eigenvalue weighted by Gasteiger charge is -2.33. The van der Waals surface area contributed by atoms with Gasteiger partial charge in [0, 0.05) is 20.1 Å². The van der Waals surface area contributed by atoms with Crippen molar-refractivity contribution >= 4 is 29.9 Å². The number of benzene rings is 1. The Bertz CT molecular complexity index is 507. The van der Waals surface area contributed by atoms with Gasteiger partial charge in [-0.1, -0.05) is 6.92 Å². The first-order valence-electron chi connectivity index (χ1n) is 8.38. The zero-order valence-electron chi connectivity index (χ0n) is 15.1. The van der Waals surface area contributed by atoms with Gasteiger partial charge in [0.2, 0.25) is 0 Å². The van der Waals surface area contributed by atoms with E-state index in [2.05, 4.69) is 29.1 Å². The number of hydrogen-bond donors (Lipinski definition) is 1. The largest absolute Gasteiger partial charge is 0.497 e. The number of rotatable bonds is 5. The van der Waals surface area contributed by atoms with Crippen LogP contribution in [0.3, 0.4) is 0 Å². The second-order valence-corrected chi connectivity index (χ2v) is 6.23. The Hall–Kier alpha value is -1.18. The summed E-state index contributed by atoms with van der Waals surface area (Å²) in [5, 5.41) is 3.43. The minimum atomic E-state index is 0. The summed E-state index contributed by atoms with van der Waals surface area (Å²) in [5.41, 5.74) is 0. The monoisotopic (exact) mass is 447 g/mol. The number of guanidine groups is 1. The average molecular weight is 447 g/mol. The van der Waals surface area contributed by atoms with Crippen LogP contribution >= 0.6 is 24.0 Å². The van der Waals surface area contributed by atoms with Crippen LogP contribution in [0.25, 0.3) is 0 Å². The van der Waals surface area contributed by atoms with Crippen molar-refractivity contribution in [2.45, 2.75) is 32.8 Å². The Balaban J connectivity index is 0.00000288. The molecule has 1 saturated heterocycles. The predicted octanol–water partition coefficient (Wildman–Crippen LogP) is 3.39. The van der Waals surface area contributed by atoms with Gasteiger partial charge in [0.25, 0.3) is 0 Å². The molecule has 24 heavy (non-hydrogen) atoms. The van der Waals surface area contributed by atoms with Gasteiger partial charge >= 0.3 is 0 Å². The highest BCUT2D eigenvalue weighted by atomic mass is 127. The molecule has 0 saturated carbocycles. The fraction of sp³-hybridized carbons (Fsp3) is 0.611. The highest BCUT2D eigenvalue weighted by Gasteiger charge is 2.19. The summed E-state index contributed by atoms with van der Waals surface area (Å²) in [4.78, 5) is 6.75. The first kappa shape index (κ1) is 20.9. The second-order valence-electron chi connectivity index (χ2n) is 6.23. The Morgan fingerprint density at radius 1 is 1.33 bits per heavy atom. The summed E-state index contributed by atoms with van der Waals surface area (Å²) in [5.74, 6) is 3.39. The van der Waals surface area contributed by atoms with Crippen molar-refractivity contribution in [3.8, 4) is 11.5 Å². The molecule has 1 aromatic carbocycles. The lowest BCUT2D eigenvalue weighted by atomic mass is 10.0. The van der Waals surface area contributed by atoms with Gasteiger partial charge in [-0.2, -0.15) is 0 Å². The summed E-state index contributed by atoms with van der Waals surface area (Å²) < 4.78 is 11.1. The number of methoxy groups -OCH3 is 1. The minimum absolute atomic E-state index is 0. The van der Waals surface area contributed by atoms with Gasteiger partial charge in [0.1, 0.15) is 17.6 Å². The van der Waals surface area contributed by atoms with Crippen LogP contribution in [0.5, 0.6) is 11.5 Å². The summed E-state index contributed by atoms with van der Waals surface area (Å²) in [6.45, 7) is 7.24. The van der Waals surface area contributed by atoms with Crippen LogP contribution in [0.15, 0.2) is 29.3 Å². The van der Waals surface area contributed by atoms with Crippen molar-refractivity contribution < 1.29 is 9.47 Å². The summed E-state index contributed by atoms with van der Waals surface area (Å²) in [7, 11) is 3.51. The number of hydrogen-bond acceptors (Lipinski definition) is 3. The van der Waals surface area contributed by atoms with E-state index in [4.69, 9.17) is 9.47 Å². The molecular weight excluding hydrogens is 417 g/mol. The van der Waals surface area contributed by atoms with Crippen molar-refractivity contribution in [2.24, 2.45) is 10.9 Å². The van der Waals surface area contributed by atoms with Crippen LogP contribution in [0.4, 0.5) is 0 Å². The molecule has 5 nitrogen and oxygen atoms in total. The van der Waals surface area contributed by atoms with Crippen molar-refractivity contribution in [1.29, 1.82) is 0 Å². The molecule has 1 aliphatic rings. The number of nitrogens with zero attached hydrogens (tertiary/aromatic N) is 2. The fourth-order valence-electron chi connectivity index (χ4n) is 2.88. The molecule has 2 unspecified atom stereocenters. The van der Waals surface area contributed by atoms with E-state index in [1.54, 1.807) is 7.11 Å². The number of piperidine rings is 1. The van der Waals surface area contributed by atoms with Gasteiger partial charge < -0.3 is 19.7 Å². The normalized spacial score (nSPS) is 19.2. The minimum Gasteiger partial charge on any atom is -0.497 e. The standard InChI is InChI=1S/C18H29N3O2.HI/c1-14-6-5-11-21(13-14)18(19-3)20-12-15(2)23-17-9-7-16(22-4)8-10-17;/h7-10,14-15H,5-6,11-13H2,1-4H3,(H,19,20);1H. The van der Waals surface area contributed by atoms with Crippen LogP contribution in [0.1, 0.15) is 26.7 Å². The molecule has 0 bridgehead atoms. The van der Waals surface area contributed by atoms with E-state index < -0.39 is 0 Å². The number of ether oxygens (including phenoxy) is 2. The van der Waals surface area contributed by atoms with Crippen LogP contribution in [0, 0.1) is 5.92 Å². The molecule has 1 N–H and O–H groups in total. The Kier molecular flexibility index (Phi) is 9.25.